The van der Waals surface area contributed by atoms with Crippen molar-refractivity contribution in [2.75, 3.05) is 38.8 Å². The molecular weight excluding hydrogens is 274 g/mol. The van der Waals surface area contributed by atoms with Gasteiger partial charge in [-0.3, -0.25) is 0 Å². The Morgan fingerprint density at radius 3 is 2.14 bits per heavy atom. The Morgan fingerprint density at radius 2 is 1.62 bits per heavy atom. The number of aromatic hydroxyl groups is 1. The lowest BCUT2D eigenvalue weighted by atomic mass is 10.1. The molecule has 21 heavy (non-hydrogen) atoms. The molecule has 0 radical (unpaired) electrons. The lowest BCUT2D eigenvalue weighted by molar-refractivity contribution is 0.102. The molecule has 6 heteroatoms. The summed E-state index contributed by atoms with van der Waals surface area (Å²) in [5.41, 5.74) is 7.13. The van der Waals surface area contributed by atoms with Crippen LogP contribution in [0.2, 0.25) is 0 Å². The highest BCUT2D eigenvalue weighted by Crippen LogP contribution is 2.25. The number of phenols is 1. The number of hydrogen-bond acceptors (Lipinski definition) is 6. The molecule has 3 saturated heterocycles. The second kappa shape index (κ2) is 6.62. The standard InChI is InChI=1S/C9H11NO2.C6H10O3/c10-7-1-2-9(11)6(3-7)4-8-5-12-8;1(5-3-8-5)7-2-6-4-9-6/h1-3,8,11H,4-5,10H2;5-6H,1-4H2. The summed E-state index contributed by atoms with van der Waals surface area (Å²) in [6.07, 6.45) is 1.84. The van der Waals surface area contributed by atoms with Crippen molar-refractivity contribution in [1.82, 2.24) is 0 Å². The summed E-state index contributed by atoms with van der Waals surface area (Å²) >= 11 is 0. The van der Waals surface area contributed by atoms with E-state index in [9.17, 15) is 5.11 Å². The number of rotatable bonds is 6. The fourth-order valence-electron chi connectivity index (χ4n) is 1.86. The van der Waals surface area contributed by atoms with Gasteiger partial charge in [0.1, 0.15) is 18.0 Å². The van der Waals surface area contributed by atoms with Crippen LogP contribution >= 0.6 is 0 Å². The smallest absolute Gasteiger partial charge is 0.119 e. The first-order valence-electron chi connectivity index (χ1n) is 7.20. The average Bonchev–Trinajstić information content (AvgIpc) is 3.30. The molecular formula is C15H21NO5. The molecule has 1 aromatic rings. The average molecular weight is 295 g/mol. The third-order valence-corrected chi connectivity index (χ3v) is 3.37. The van der Waals surface area contributed by atoms with Gasteiger partial charge < -0.3 is 29.8 Å². The molecule has 4 rings (SSSR count). The molecule has 116 valence electrons. The second-order valence-corrected chi connectivity index (χ2v) is 5.50. The van der Waals surface area contributed by atoms with Gasteiger partial charge in [-0.15, -0.1) is 0 Å². The molecule has 0 saturated carbocycles. The summed E-state index contributed by atoms with van der Waals surface area (Å²) in [4.78, 5) is 0. The highest BCUT2D eigenvalue weighted by molar-refractivity contribution is 5.47. The van der Waals surface area contributed by atoms with Gasteiger partial charge in [-0.25, -0.2) is 0 Å². The van der Waals surface area contributed by atoms with Crippen molar-refractivity contribution in [3.63, 3.8) is 0 Å². The molecule has 3 fully saturated rings. The zero-order chi connectivity index (χ0) is 14.7. The van der Waals surface area contributed by atoms with E-state index in [1.807, 2.05) is 0 Å². The minimum Gasteiger partial charge on any atom is -0.508 e. The summed E-state index contributed by atoms with van der Waals surface area (Å²) in [5, 5.41) is 9.40. The molecule has 3 atom stereocenters. The Morgan fingerprint density at radius 1 is 1.05 bits per heavy atom. The van der Waals surface area contributed by atoms with Crippen LogP contribution in [0.4, 0.5) is 5.69 Å². The van der Waals surface area contributed by atoms with Gasteiger partial charge in [0.2, 0.25) is 0 Å². The topological polar surface area (TPSA) is 93.1 Å². The molecule has 0 bridgehead atoms. The van der Waals surface area contributed by atoms with Crippen molar-refractivity contribution in [2.45, 2.75) is 24.7 Å². The molecule has 3 unspecified atom stereocenters. The first-order valence-corrected chi connectivity index (χ1v) is 7.20. The number of ether oxygens (including phenoxy) is 4. The van der Waals surface area contributed by atoms with E-state index in [-0.39, 0.29) is 6.10 Å². The van der Waals surface area contributed by atoms with Crippen LogP contribution in [-0.2, 0) is 25.4 Å². The molecule has 3 aliphatic rings. The van der Waals surface area contributed by atoms with E-state index in [0.29, 0.717) is 23.6 Å². The SMILES string of the molecule is C(OCC1CO1)C1CO1.Nc1ccc(O)c(CC2CO2)c1. The van der Waals surface area contributed by atoms with Crippen LogP contribution in [0.1, 0.15) is 5.56 Å². The first-order chi connectivity index (χ1) is 10.2. The van der Waals surface area contributed by atoms with Gasteiger partial charge in [0.05, 0.1) is 39.1 Å². The summed E-state index contributed by atoms with van der Waals surface area (Å²) in [6.45, 7) is 4.06. The fraction of sp³-hybridized carbons (Fsp3) is 0.600. The lowest BCUT2D eigenvalue weighted by Gasteiger charge is -2.02. The van der Waals surface area contributed by atoms with Crippen molar-refractivity contribution in [2.24, 2.45) is 0 Å². The summed E-state index contributed by atoms with van der Waals surface area (Å²) in [6, 6.07) is 5.09. The summed E-state index contributed by atoms with van der Waals surface area (Å²) in [5.74, 6) is 0.305. The quantitative estimate of drug-likeness (QED) is 0.456. The Kier molecular flexibility index (Phi) is 4.60. The van der Waals surface area contributed by atoms with Crippen molar-refractivity contribution < 1.29 is 24.1 Å². The van der Waals surface area contributed by atoms with E-state index in [1.165, 1.54) is 0 Å². The molecule has 3 N–H and O–H groups in total. The van der Waals surface area contributed by atoms with Crippen LogP contribution in [0.25, 0.3) is 0 Å². The van der Waals surface area contributed by atoms with Crippen molar-refractivity contribution in [3.8, 4) is 5.75 Å². The largest absolute Gasteiger partial charge is 0.508 e. The number of phenolic OH excluding ortho intramolecular Hbond substituents is 1. The van der Waals surface area contributed by atoms with Gasteiger partial charge in [0.15, 0.2) is 0 Å². The van der Waals surface area contributed by atoms with Crippen LogP contribution in [0.15, 0.2) is 18.2 Å². The molecule has 0 aromatic heterocycles. The number of nitrogens with two attached hydrogens (primary N) is 1. The van der Waals surface area contributed by atoms with Crippen LogP contribution < -0.4 is 5.73 Å². The molecule has 0 aliphatic carbocycles. The molecule has 3 aliphatic heterocycles. The highest BCUT2D eigenvalue weighted by atomic mass is 16.6. The van der Waals surface area contributed by atoms with E-state index < -0.39 is 0 Å². The van der Waals surface area contributed by atoms with Crippen molar-refractivity contribution >= 4 is 5.69 Å². The molecule has 0 spiro atoms. The van der Waals surface area contributed by atoms with Crippen molar-refractivity contribution in [1.29, 1.82) is 0 Å². The van der Waals surface area contributed by atoms with Crippen LogP contribution in [0.5, 0.6) is 5.75 Å². The predicted octanol–water partition coefficient (Wildman–Crippen LogP) is 0.716. The van der Waals surface area contributed by atoms with Gasteiger partial charge in [-0.05, 0) is 23.8 Å². The first kappa shape index (κ1) is 14.6. The monoisotopic (exact) mass is 295 g/mol. The molecule has 3 heterocycles. The van der Waals surface area contributed by atoms with E-state index in [4.69, 9.17) is 24.7 Å². The van der Waals surface area contributed by atoms with Gasteiger partial charge >= 0.3 is 0 Å². The molecule has 1 aromatic carbocycles. The van der Waals surface area contributed by atoms with E-state index in [1.54, 1.807) is 18.2 Å². The second-order valence-electron chi connectivity index (χ2n) is 5.50. The Hall–Kier alpha value is -1.34. The third kappa shape index (κ3) is 5.51. The lowest BCUT2D eigenvalue weighted by Crippen LogP contribution is -2.06. The maximum Gasteiger partial charge on any atom is 0.119 e. The summed E-state index contributed by atoms with van der Waals surface area (Å²) < 4.78 is 20.2. The molecule has 0 amide bonds. The highest BCUT2D eigenvalue weighted by Gasteiger charge is 2.26. The van der Waals surface area contributed by atoms with Gasteiger partial charge in [-0.1, -0.05) is 0 Å². The maximum absolute atomic E-state index is 9.40. The number of hydrogen-bond donors (Lipinski definition) is 2. The fourth-order valence-corrected chi connectivity index (χ4v) is 1.86. The van der Waals surface area contributed by atoms with E-state index in [2.05, 4.69) is 0 Å². The Labute approximate surface area is 123 Å². The van der Waals surface area contributed by atoms with Crippen LogP contribution in [0, 0.1) is 0 Å². The van der Waals surface area contributed by atoms with Crippen LogP contribution in [0.3, 0.4) is 0 Å². The zero-order valence-electron chi connectivity index (χ0n) is 11.9. The van der Waals surface area contributed by atoms with E-state index in [0.717, 1.165) is 45.0 Å². The zero-order valence-corrected chi connectivity index (χ0v) is 11.9. The summed E-state index contributed by atoms with van der Waals surface area (Å²) in [7, 11) is 0. The van der Waals surface area contributed by atoms with Gasteiger partial charge in [0, 0.05) is 12.1 Å². The minimum absolute atomic E-state index is 0.290. The van der Waals surface area contributed by atoms with E-state index >= 15 is 0 Å². The molecule has 6 nitrogen and oxygen atoms in total. The number of nitrogen functional groups attached to an aromatic ring is 1. The van der Waals surface area contributed by atoms with Gasteiger partial charge in [-0.2, -0.15) is 0 Å². The predicted molar refractivity (Wildman–Crippen MR) is 76.3 cm³/mol. The normalized spacial score (nSPS) is 28.5. The third-order valence-electron chi connectivity index (χ3n) is 3.37. The minimum atomic E-state index is 0.290. The maximum atomic E-state index is 9.40. The van der Waals surface area contributed by atoms with Crippen molar-refractivity contribution in [3.05, 3.63) is 23.8 Å². The Balaban J connectivity index is 0.000000131. The number of benzene rings is 1. The van der Waals surface area contributed by atoms with Gasteiger partial charge in [0.25, 0.3) is 0 Å². The number of epoxide rings is 3. The Bertz CT molecular complexity index is 457. The van der Waals surface area contributed by atoms with Crippen LogP contribution in [-0.4, -0.2) is 56.5 Å². The number of anilines is 1.